The molecule has 0 amide bonds. The zero-order valence-electron chi connectivity index (χ0n) is 11.2. The molecule has 1 aromatic carbocycles. The van der Waals surface area contributed by atoms with Crippen LogP contribution in [-0.2, 0) is 6.54 Å². The van der Waals surface area contributed by atoms with Crippen molar-refractivity contribution in [3.05, 3.63) is 28.2 Å². The van der Waals surface area contributed by atoms with Gasteiger partial charge in [0.2, 0.25) is 0 Å². The predicted octanol–water partition coefficient (Wildman–Crippen LogP) is 3.81. The third-order valence-electron chi connectivity index (χ3n) is 2.60. The summed E-state index contributed by atoms with van der Waals surface area (Å²) in [5, 5.41) is 12.8. The molecule has 4 heteroatoms. The van der Waals surface area contributed by atoms with Gasteiger partial charge in [0.25, 0.3) is 0 Å². The third kappa shape index (κ3) is 5.74. The van der Waals surface area contributed by atoms with Gasteiger partial charge in [-0.25, -0.2) is 0 Å². The van der Waals surface area contributed by atoms with Crippen LogP contribution in [0.3, 0.4) is 0 Å². The summed E-state index contributed by atoms with van der Waals surface area (Å²) in [5.74, 6) is 0. The molecule has 1 atom stereocenters. The Bertz CT molecular complexity index is 371. The number of rotatable bonds is 7. The van der Waals surface area contributed by atoms with Crippen LogP contribution in [0.2, 0.25) is 0 Å². The molecule has 0 saturated carbocycles. The third-order valence-corrected chi connectivity index (χ3v) is 4.50. The van der Waals surface area contributed by atoms with Gasteiger partial charge in [-0.1, -0.05) is 42.8 Å². The normalized spacial score (nSPS) is 13.0. The van der Waals surface area contributed by atoms with E-state index in [1.807, 2.05) is 0 Å². The number of hydrogen-bond acceptors (Lipinski definition) is 3. The van der Waals surface area contributed by atoms with Crippen molar-refractivity contribution in [3.63, 3.8) is 0 Å². The van der Waals surface area contributed by atoms with E-state index in [9.17, 15) is 0 Å². The molecule has 2 N–H and O–H groups in total. The standard InChI is InChI=1S/C14H22BrNOS/c1-10(2)16-9-12-4-5-13(8-14(12)15)18-11(3)6-7-17/h4-5,8,10-11,16-17H,6-7,9H2,1-3H3. The topological polar surface area (TPSA) is 32.3 Å². The van der Waals surface area contributed by atoms with Crippen molar-refractivity contribution < 1.29 is 5.11 Å². The lowest BCUT2D eigenvalue weighted by atomic mass is 10.2. The second-order valence-corrected chi connectivity index (χ2v) is 7.10. The van der Waals surface area contributed by atoms with Gasteiger partial charge in [0.1, 0.15) is 0 Å². The van der Waals surface area contributed by atoms with E-state index in [1.165, 1.54) is 10.5 Å². The van der Waals surface area contributed by atoms with Gasteiger partial charge in [-0.15, -0.1) is 11.8 Å². The smallest absolute Gasteiger partial charge is 0.0441 e. The molecule has 0 saturated heterocycles. The number of benzene rings is 1. The minimum atomic E-state index is 0.256. The highest BCUT2D eigenvalue weighted by molar-refractivity contribution is 9.10. The largest absolute Gasteiger partial charge is 0.396 e. The Morgan fingerprint density at radius 2 is 2.06 bits per heavy atom. The summed E-state index contributed by atoms with van der Waals surface area (Å²) in [4.78, 5) is 1.25. The second-order valence-electron chi connectivity index (χ2n) is 4.73. The SMILES string of the molecule is CC(C)NCc1ccc(SC(C)CCO)cc1Br. The maximum Gasteiger partial charge on any atom is 0.0441 e. The van der Waals surface area contributed by atoms with E-state index in [2.05, 4.69) is 60.2 Å². The highest BCUT2D eigenvalue weighted by atomic mass is 79.9. The monoisotopic (exact) mass is 331 g/mol. The van der Waals surface area contributed by atoms with Crippen molar-refractivity contribution in [2.45, 2.75) is 49.9 Å². The molecule has 1 aromatic rings. The van der Waals surface area contributed by atoms with Crippen LogP contribution in [0.15, 0.2) is 27.6 Å². The van der Waals surface area contributed by atoms with Gasteiger partial charge in [-0.05, 0) is 24.1 Å². The molecule has 0 aliphatic carbocycles. The van der Waals surface area contributed by atoms with Gasteiger partial charge < -0.3 is 10.4 Å². The molecule has 0 aromatic heterocycles. The van der Waals surface area contributed by atoms with Crippen LogP contribution in [0, 0.1) is 0 Å². The molecule has 1 unspecified atom stereocenters. The average Bonchev–Trinajstić information content (AvgIpc) is 2.28. The van der Waals surface area contributed by atoms with E-state index in [0.717, 1.165) is 17.4 Å². The fourth-order valence-electron chi connectivity index (χ4n) is 1.53. The molecule has 18 heavy (non-hydrogen) atoms. The Balaban J connectivity index is 2.61. The summed E-state index contributed by atoms with van der Waals surface area (Å²) in [7, 11) is 0. The Morgan fingerprint density at radius 3 is 2.61 bits per heavy atom. The molecule has 0 aliphatic heterocycles. The Hall–Kier alpha value is -0.0300. The highest BCUT2D eigenvalue weighted by Crippen LogP contribution is 2.29. The molecule has 2 nitrogen and oxygen atoms in total. The van der Waals surface area contributed by atoms with E-state index >= 15 is 0 Å². The van der Waals surface area contributed by atoms with Gasteiger partial charge in [-0.3, -0.25) is 0 Å². The first-order valence-electron chi connectivity index (χ1n) is 6.32. The molecule has 0 bridgehead atoms. The number of halogens is 1. The zero-order chi connectivity index (χ0) is 13.5. The average molecular weight is 332 g/mol. The lowest BCUT2D eigenvalue weighted by molar-refractivity contribution is 0.289. The Kier molecular flexibility index (Phi) is 7.30. The maximum absolute atomic E-state index is 8.90. The Labute approximate surface area is 123 Å². The first kappa shape index (κ1) is 16.0. The van der Waals surface area contributed by atoms with Crippen LogP contribution in [0.25, 0.3) is 0 Å². The number of aliphatic hydroxyl groups excluding tert-OH is 1. The summed E-state index contributed by atoms with van der Waals surface area (Å²) in [6, 6.07) is 6.97. The van der Waals surface area contributed by atoms with Crippen LogP contribution >= 0.6 is 27.7 Å². The summed E-state index contributed by atoms with van der Waals surface area (Å²) >= 11 is 5.43. The van der Waals surface area contributed by atoms with Crippen LogP contribution in [0.1, 0.15) is 32.8 Å². The Morgan fingerprint density at radius 1 is 1.33 bits per heavy atom. The van der Waals surface area contributed by atoms with Crippen LogP contribution in [-0.4, -0.2) is 23.0 Å². The van der Waals surface area contributed by atoms with Crippen molar-refractivity contribution in [2.24, 2.45) is 0 Å². The quantitative estimate of drug-likeness (QED) is 0.745. The van der Waals surface area contributed by atoms with Gasteiger partial charge in [0, 0.05) is 33.8 Å². The van der Waals surface area contributed by atoms with Crippen molar-refractivity contribution in [3.8, 4) is 0 Å². The van der Waals surface area contributed by atoms with Crippen LogP contribution < -0.4 is 5.32 Å². The first-order chi connectivity index (χ1) is 8.52. The van der Waals surface area contributed by atoms with E-state index in [4.69, 9.17) is 5.11 Å². The zero-order valence-corrected chi connectivity index (χ0v) is 13.6. The van der Waals surface area contributed by atoms with Crippen molar-refractivity contribution in [1.29, 1.82) is 0 Å². The van der Waals surface area contributed by atoms with Gasteiger partial charge in [0.15, 0.2) is 0 Å². The second kappa shape index (κ2) is 8.20. The molecule has 0 aliphatic rings. The van der Waals surface area contributed by atoms with Gasteiger partial charge >= 0.3 is 0 Å². The first-order valence-corrected chi connectivity index (χ1v) is 7.99. The lowest BCUT2D eigenvalue weighted by Gasteiger charge is -2.13. The van der Waals surface area contributed by atoms with E-state index in [-0.39, 0.29) is 6.61 Å². The number of thioether (sulfide) groups is 1. The van der Waals surface area contributed by atoms with Gasteiger partial charge in [0.05, 0.1) is 0 Å². The number of aliphatic hydroxyl groups is 1. The molecular formula is C14H22BrNOS. The number of hydrogen-bond donors (Lipinski definition) is 2. The predicted molar refractivity (Wildman–Crippen MR) is 83.1 cm³/mol. The maximum atomic E-state index is 8.90. The molecule has 102 valence electrons. The van der Waals surface area contributed by atoms with E-state index in [1.54, 1.807) is 11.8 Å². The molecule has 1 rings (SSSR count). The molecular weight excluding hydrogens is 310 g/mol. The number of nitrogens with one attached hydrogen (secondary N) is 1. The fourth-order valence-corrected chi connectivity index (χ4v) is 3.22. The van der Waals surface area contributed by atoms with Crippen molar-refractivity contribution in [2.75, 3.05) is 6.61 Å². The van der Waals surface area contributed by atoms with Gasteiger partial charge in [-0.2, -0.15) is 0 Å². The summed E-state index contributed by atoms with van der Waals surface area (Å²) in [6.45, 7) is 7.58. The molecule has 0 radical (unpaired) electrons. The minimum absolute atomic E-state index is 0.256. The molecule has 0 fully saturated rings. The van der Waals surface area contributed by atoms with Crippen molar-refractivity contribution >= 4 is 27.7 Å². The summed E-state index contributed by atoms with van der Waals surface area (Å²) < 4.78 is 1.15. The fraction of sp³-hybridized carbons (Fsp3) is 0.571. The lowest BCUT2D eigenvalue weighted by Crippen LogP contribution is -2.21. The minimum Gasteiger partial charge on any atom is -0.396 e. The van der Waals surface area contributed by atoms with Crippen LogP contribution in [0.4, 0.5) is 0 Å². The van der Waals surface area contributed by atoms with Crippen molar-refractivity contribution in [1.82, 2.24) is 5.32 Å². The van der Waals surface area contributed by atoms with E-state index < -0.39 is 0 Å². The highest BCUT2D eigenvalue weighted by Gasteiger charge is 2.06. The summed E-state index contributed by atoms with van der Waals surface area (Å²) in [6.07, 6.45) is 0.832. The van der Waals surface area contributed by atoms with E-state index in [0.29, 0.717) is 11.3 Å². The molecule has 0 spiro atoms. The van der Waals surface area contributed by atoms with Crippen LogP contribution in [0.5, 0.6) is 0 Å². The summed E-state index contributed by atoms with van der Waals surface area (Å²) in [5.41, 5.74) is 1.28. The molecule has 0 heterocycles.